The maximum atomic E-state index is 11.7. The average molecular weight is 320 g/mol. The van der Waals surface area contributed by atoms with E-state index < -0.39 is 0 Å². The number of hydrogen-bond donors (Lipinski definition) is 1. The first kappa shape index (κ1) is 12.2. The second-order valence-corrected chi connectivity index (χ2v) is 5.12. The maximum Gasteiger partial charge on any atom is 0.226 e. The number of ether oxygens (including phenoxy) is 1. The summed E-state index contributed by atoms with van der Waals surface area (Å²) >= 11 is 3.26. The molecule has 0 unspecified atom stereocenters. The number of nitrogens with zero attached hydrogens (tertiary/aromatic N) is 1. The van der Waals surface area contributed by atoms with E-state index in [1.54, 1.807) is 24.4 Å². The fourth-order valence-corrected chi connectivity index (χ4v) is 2.38. The number of phenols is 1. The van der Waals surface area contributed by atoms with Crippen LogP contribution in [0.3, 0.4) is 0 Å². The number of aromatic hydroxyl groups is 1. The van der Waals surface area contributed by atoms with Crippen LogP contribution >= 0.6 is 15.9 Å². The fraction of sp³-hybridized carbons (Fsp3) is 0.143. The van der Waals surface area contributed by atoms with E-state index >= 15 is 0 Å². The zero-order valence-corrected chi connectivity index (χ0v) is 11.5. The Morgan fingerprint density at radius 3 is 2.95 bits per heavy atom. The van der Waals surface area contributed by atoms with Crippen molar-refractivity contribution < 1.29 is 14.6 Å². The van der Waals surface area contributed by atoms with Crippen molar-refractivity contribution in [2.24, 2.45) is 4.99 Å². The van der Waals surface area contributed by atoms with Crippen LogP contribution in [0.25, 0.3) is 5.76 Å². The lowest BCUT2D eigenvalue weighted by molar-refractivity contribution is -0.114. The lowest BCUT2D eigenvalue weighted by Crippen LogP contribution is -2.14. The molecule has 5 heteroatoms. The van der Waals surface area contributed by atoms with Crippen molar-refractivity contribution in [2.45, 2.75) is 12.8 Å². The number of allylic oxidation sites excluding steroid dienone is 2. The molecule has 2 aliphatic heterocycles. The van der Waals surface area contributed by atoms with Gasteiger partial charge in [0.25, 0.3) is 0 Å². The lowest BCUT2D eigenvalue weighted by Gasteiger charge is -2.20. The van der Waals surface area contributed by atoms with Crippen LogP contribution in [-0.2, 0) is 9.53 Å². The highest BCUT2D eigenvalue weighted by Gasteiger charge is 2.24. The number of carbonyl (C=O) groups is 1. The quantitative estimate of drug-likeness (QED) is 0.864. The smallest absolute Gasteiger partial charge is 0.226 e. The maximum absolute atomic E-state index is 11.7. The number of Topliss-reactive ketones (excluding diaryl/α,β-unsaturated/α-hetero) is 1. The first-order valence-electron chi connectivity index (χ1n) is 5.81. The van der Waals surface area contributed by atoms with Crippen molar-refractivity contribution >= 4 is 33.7 Å². The summed E-state index contributed by atoms with van der Waals surface area (Å²) in [6.07, 6.45) is 4.29. The molecule has 0 bridgehead atoms. The van der Waals surface area contributed by atoms with Crippen LogP contribution in [0.5, 0.6) is 5.75 Å². The number of hydrogen-bond acceptors (Lipinski definition) is 4. The Labute approximate surface area is 118 Å². The summed E-state index contributed by atoms with van der Waals surface area (Å²) in [6, 6.07) is 5.11. The van der Waals surface area contributed by atoms with Gasteiger partial charge in [-0.05, 0) is 40.2 Å². The molecule has 0 atom stereocenters. The average Bonchev–Trinajstić information content (AvgIpc) is 2.42. The van der Waals surface area contributed by atoms with Crippen LogP contribution < -0.4 is 0 Å². The molecule has 0 aromatic heterocycles. The van der Waals surface area contributed by atoms with E-state index in [4.69, 9.17) is 4.74 Å². The number of ketones is 1. The zero-order valence-electron chi connectivity index (χ0n) is 9.89. The summed E-state index contributed by atoms with van der Waals surface area (Å²) in [7, 11) is 0. The summed E-state index contributed by atoms with van der Waals surface area (Å²) in [6.45, 7) is 0. The van der Waals surface area contributed by atoms with Gasteiger partial charge in [0.15, 0.2) is 5.78 Å². The Hall–Kier alpha value is -1.88. The molecule has 1 N–H and O–H groups in total. The van der Waals surface area contributed by atoms with Crippen molar-refractivity contribution in [1.29, 1.82) is 0 Å². The van der Waals surface area contributed by atoms with E-state index in [2.05, 4.69) is 20.9 Å². The van der Waals surface area contributed by atoms with Crippen LogP contribution in [-0.4, -0.2) is 17.1 Å². The van der Waals surface area contributed by atoms with E-state index in [-0.39, 0.29) is 11.5 Å². The molecule has 3 rings (SSSR count). The van der Waals surface area contributed by atoms with Crippen LogP contribution in [0.2, 0.25) is 0 Å². The molecule has 96 valence electrons. The molecule has 2 heterocycles. The molecule has 0 radical (unpaired) electrons. The summed E-state index contributed by atoms with van der Waals surface area (Å²) in [5, 5.41) is 9.48. The number of aliphatic imine (C=N–C) groups is 1. The van der Waals surface area contributed by atoms with E-state index in [9.17, 15) is 9.90 Å². The topological polar surface area (TPSA) is 58.9 Å². The number of carbonyl (C=O) groups excluding carboxylic acids is 1. The van der Waals surface area contributed by atoms with Crippen molar-refractivity contribution in [3.63, 3.8) is 0 Å². The molecule has 0 saturated carbocycles. The van der Waals surface area contributed by atoms with Crippen molar-refractivity contribution in [2.75, 3.05) is 0 Å². The molecule has 2 aliphatic rings. The largest absolute Gasteiger partial charge is 0.507 e. The summed E-state index contributed by atoms with van der Waals surface area (Å²) in [4.78, 5) is 15.8. The molecule has 0 fully saturated rings. The van der Waals surface area contributed by atoms with E-state index in [1.807, 2.05) is 6.08 Å². The zero-order chi connectivity index (χ0) is 13.4. The standard InChI is InChI=1S/C14H10BrNO3/c15-10-7-8(1-3-12(10)18)13-4-2-9-11(17)5-6-16-14(9)19-13/h1,3-4,6-7,18H,2,5H2. The minimum Gasteiger partial charge on any atom is -0.507 e. The molecule has 1 aromatic carbocycles. The number of benzene rings is 1. The monoisotopic (exact) mass is 319 g/mol. The van der Waals surface area contributed by atoms with Gasteiger partial charge in [-0.15, -0.1) is 0 Å². The van der Waals surface area contributed by atoms with Gasteiger partial charge in [-0.25, -0.2) is 4.99 Å². The normalized spacial score (nSPS) is 17.9. The molecule has 0 saturated heterocycles. The SMILES string of the molecule is O=C1CC=NC2=C1CC=C(c1ccc(O)c(Br)c1)O2. The van der Waals surface area contributed by atoms with Gasteiger partial charge in [-0.2, -0.15) is 0 Å². The minimum atomic E-state index is 0.0622. The number of halogens is 1. The molecule has 4 nitrogen and oxygen atoms in total. The lowest BCUT2D eigenvalue weighted by atomic mass is 10.0. The molecular formula is C14H10BrNO3. The second-order valence-electron chi connectivity index (χ2n) is 4.26. The van der Waals surface area contributed by atoms with Crippen LogP contribution in [0, 0.1) is 0 Å². The highest BCUT2D eigenvalue weighted by atomic mass is 79.9. The third-order valence-corrected chi connectivity index (χ3v) is 3.65. The second kappa shape index (κ2) is 4.66. The molecule has 0 spiro atoms. The minimum absolute atomic E-state index is 0.0622. The van der Waals surface area contributed by atoms with Gasteiger partial charge in [0.2, 0.25) is 5.88 Å². The van der Waals surface area contributed by atoms with Gasteiger partial charge in [0.05, 0.1) is 10.0 Å². The summed E-state index contributed by atoms with van der Waals surface area (Å²) in [5.41, 5.74) is 1.45. The molecule has 1 aromatic rings. The van der Waals surface area contributed by atoms with E-state index in [1.165, 1.54) is 0 Å². The van der Waals surface area contributed by atoms with Gasteiger partial charge >= 0.3 is 0 Å². The van der Waals surface area contributed by atoms with Crippen LogP contribution in [0.4, 0.5) is 0 Å². The molecule has 19 heavy (non-hydrogen) atoms. The fourth-order valence-electron chi connectivity index (χ4n) is 2.00. The summed E-state index contributed by atoms with van der Waals surface area (Å²) < 4.78 is 6.26. The van der Waals surface area contributed by atoms with Crippen molar-refractivity contribution in [1.82, 2.24) is 0 Å². The number of rotatable bonds is 1. The van der Waals surface area contributed by atoms with Gasteiger partial charge in [0.1, 0.15) is 11.5 Å². The van der Waals surface area contributed by atoms with Crippen molar-refractivity contribution in [3.05, 3.63) is 45.8 Å². The highest BCUT2D eigenvalue weighted by Crippen LogP contribution is 2.34. The molecule has 0 amide bonds. The Balaban J connectivity index is 1.91. The third-order valence-electron chi connectivity index (χ3n) is 3.01. The molecule has 0 aliphatic carbocycles. The predicted octanol–water partition coefficient (Wildman–Crippen LogP) is 3.17. The predicted molar refractivity (Wildman–Crippen MR) is 74.6 cm³/mol. The first-order valence-corrected chi connectivity index (χ1v) is 6.60. The van der Waals surface area contributed by atoms with Gasteiger partial charge in [0, 0.05) is 24.6 Å². The Morgan fingerprint density at radius 2 is 2.16 bits per heavy atom. The van der Waals surface area contributed by atoms with Crippen LogP contribution in [0.1, 0.15) is 18.4 Å². The Kier molecular flexibility index (Phi) is 2.98. The van der Waals surface area contributed by atoms with E-state index in [0.717, 1.165) is 5.56 Å². The Morgan fingerprint density at radius 1 is 1.32 bits per heavy atom. The Bertz CT molecular complexity index is 659. The highest BCUT2D eigenvalue weighted by molar-refractivity contribution is 9.10. The number of phenolic OH excluding ortho intramolecular Hbond substituents is 1. The van der Waals surface area contributed by atoms with Gasteiger partial charge < -0.3 is 9.84 Å². The van der Waals surface area contributed by atoms with Gasteiger partial charge in [-0.3, -0.25) is 4.79 Å². The first-order chi connectivity index (χ1) is 9.15. The van der Waals surface area contributed by atoms with Gasteiger partial charge in [-0.1, -0.05) is 0 Å². The summed E-state index contributed by atoms with van der Waals surface area (Å²) in [5.74, 6) is 1.27. The molecular weight excluding hydrogens is 310 g/mol. The third kappa shape index (κ3) is 2.21. The van der Waals surface area contributed by atoms with Crippen LogP contribution in [0.15, 0.2) is 45.2 Å². The van der Waals surface area contributed by atoms with Crippen molar-refractivity contribution in [3.8, 4) is 5.75 Å². The van der Waals surface area contributed by atoms with E-state index in [0.29, 0.717) is 34.5 Å².